The van der Waals surface area contributed by atoms with Gasteiger partial charge in [0, 0.05) is 0 Å². The van der Waals surface area contributed by atoms with Crippen LogP contribution < -0.4 is 11.2 Å². The van der Waals surface area contributed by atoms with Crippen LogP contribution in [0.25, 0.3) is 0 Å². The van der Waals surface area contributed by atoms with Crippen molar-refractivity contribution in [3.05, 3.63) is 32.9 Å². The van der Waals surface area contributed by atoms with Crippen LogP contribution in [0.4, 0.5) is 8.78 Å². The summed E-state index contributed by atoms with van der Waals surface area (Å²) in [5.74, 6) is -1.22. The molecule has 0 aromatic carbocycles. The molecule has 8 heteroatoms. The molecule has 1 aliphatic heterocycles. The molecule has 1 fully saturated rings. The van der Waals surface area contributed by atoms with E-state index in [0.29, 0.717) is 17.2 Å². The molecule has 0 radical (unpaired) electrons. The third-order valence-corrected chi connectivity index (χ3v) is 2.89. The number of halogens is 2. The van der Waals surface area contributed by atoms with Crippen molar-refractivity contribution in [2.45, 2.75) is 38.0 Å². The zero-order valence-electron chi connectivity index (χ0n) is 9.47. The summed E-state index contributed by atoms with van der Waals surface area (Å²) in [4.78, 5) is 24.0. The summed E-state index contributed by atoms with van der Waals surface area (Å²) in [5.41, 5.74) is -2.17. The van der Waals surface area contributed by atoms with Gasteiger partial charge in [0.15, 0.2) is 12.4 Å². The molecule has 0 bridgehead atoms. The number of aromatic nitrogens is 2. The van der Waals surface area contributed by atoms with Gasteiger partial charge in [-0.2, -0.15) is 4.39 Å². The molecule has 18 heavy (non-hydrogen) atoms. The molecule has 4 atom stereocenters. The van der Waals surface area contributed by atoms with Crippen molar-refractivity contribution in [1.29, 1.82) is 0 Å². The highest BCUT2D eigenvalue weighted by molar-refractivity contribution is 4.94. The molecular weight excluding hydrogens is 250 g/mol. The first-order valence-corrected chi connectivity index (χ1v) is 5.44. The number of alkyl halides is 1. The second-order valence-corrected chi connectivity index (χ2v) is 4.05. The first-order valence-electron chi connectivity index (χ1n) is 5.44. The van der Waals surface area contributed by atoms with E-state index in [1.165, 1.54) is 0 Å². The highest BCUT2D eigenvalue weighted by Crippen LogP contribution is 2.32. The average Bonchev–Trinajstić information content (AvgIpc) is 2.61. The quantitative estimate of drug-likeness (QED) is 0.765. The summed E-state index contributed by atoms with van der Waals surface area (Å²) in [6.07, 6.45) is -4.54. The fourth-order valence-corrected chi connectivity index (χ4v) is 1.91. The van der Waals surface area contributed by atoms with Gasteiger partial charge >= 0.3 is 5.69 Å². The number of nitrogens with zero attached hydrogens (tertiary/aromatic N) is 1. The third kappa shape index (κ3) is 1.97. The van der Waals surface area contributed by atoms with Crippen LogP contribution in [0.3, 0.4) is 0 Å². The molecule has 0 aliphatic carbocycles. The van der Waals surface area contributed by atoms with E-state index < -0.39 is 41.7 Å². The standard InChI is InChI=1S/C10H12F2N2O4/c1-2-5-7(15)6(12)9(18-5)14-3-4(11)8(16)13-10(14)17/h3,5-7,9,15H,2H2,1H3,(H,13,16,17)/t5-,6+,7-,9-/m1/s1. The lowest BCUT2D eigenvalue weighted by atomic mass is 10.1. The molecule has 0 saturated carbocycles. The molecule has 0 unspecified atom stereocenters. The van der Waals surface area contributed by atoms with Crippen LogP contribution in [-0.4, -0.2) is 33.0 Å². The van der Waals surface area contributed by atoms with E-state index >= 15 is 0 Å². The zero-order valence-corrected chi connectivity index (χ0v) is 9.47. The van der Waals surface area contributed by atoms with Crippen LogP contribution in [0.2, 0.25) is 0 Å². The molecule has 2 N–H and O–H groups in total. The van der Waals surface area contributed by atoms with Crippen molar-refractivity contribution >= 4 is 0 Å². The minimum absolute atomic E-state index is 0.346. The summed E-state index contributed by atoms with van der Waals surface area (Å²) >= 11 is 0. The van der Waals surface area contributed by atoms with Crippen molar-refractivity contribution in [3.8, 4) is 0 Å². The summed E-state index contributed by atoms with van der Waals surface area (Å²) in [7, 11) is 0. The lowest BCUT2D eigenvalue weighted by molar-refractivity contribution is -0.0285. The normalized spacial score (nSPS) is 31.8. The molecule has 2 rings (SSSR count). The number of rotatable bonds is 2. The van der Waals surface area contributed by atoms with Crippen LogP contribution in [0.5, 0.6) is 0 Å². The molecule has 100 valence electrons. The van der Waals surface area contributed by atoms with Crippen molar-refractivity contribution in [2.24, 2.45) is 0 Å². The maximum absolute atomic E-state index is 13.8. The lowest BCUT2D eigenvalue weighted by Gasteiger charge is -2.15. The van der Waals surface area contributed by atoms with Gasteiger partial charge in [-0.1, -0.05) is 6.92 Å². The van der Waals surface area contributed by atoms with Gasteiger partial charge in [0.05, 0.1) is 12.3 Å². The Hall–Kier alpha value is -1.54. The van der Waals surface area contributed by atoms with E-state index in [2.05, 4.69) is 0 Å². The second-order valence-electron chi connectivity index (χ2n) is 4.05. The van der Waals surface area contributed by atoms with Gasteiger partial charge in [-0.05, 0) is 6.42 Å². The molecular formula is C10H12F2N2O4. The second kappa shape index (κ2) is 4.62. The summed E-state index contributed by atoms with van der Waals surface area (Å²) in [6, 6.07) is 0. The number of aliphatic hydroxyl groups excluding tert-OH is 1. The minimum atomic E-state index is -1.86. The summed E-state index contributed by atoms with van der Waals surface area (Å²) in [6.45, 7) is 1.68. The van der Waals surface area contributed by atoms with E-state index in [1.54, 1.807) is 11.9 Å². The predicted molar refractivity (Wildman–Crippen MR) is 56.4 cm³/mol. The molecule has 2 heterocycles. The van der Waals surface area contributed by atoms with Crippen molar-refractivity contribution in [3.63, 3.8) is 0 Å². The number of aromatic amines is 1. The molecule has 1 aromatic rings. The Morgan fingerprint density at radius 3 is 2.78 bits per heavy atom. The number of ether oxygens (including phenoxy) is 1. The highest BCUT2D eigenvalue weighted by atomic mass is 19.1. The fourth-order valence-electron chi connectivity index (χ4n) is 1.91. The molecule has 0 spiro atoms. The zero-order chi connectivity index (χ0) is 13.4. The summed E-state index contributed by atoms with van der Waals surface area (Å²) in [5, 5.41) is 9.52. The largest absolute Gasteiger partial charge is 0.387 e. The van der Waals surface area contributed by atoms with E-state index in [-0.39, 0.29) is 0 Å². The Balaban J connectivity index is 2.42. The van der Waals surface area contributed by atoms with Crippen LogP contribution >= 0.6 is 0 Å². The summed E-state index contributed by atoms with van der Waals surface area (Å²) < 4.78 is 32.6. The average molecular weight is 262 g/mol. The number of H-pyrrole nitrogens is 1. The Bertz CT molecular complexity index is 556. The third-order valence-electron chi connectivity index (χ3n) is 2.89. The van der Waals surface area contributed by atoms with Crippen molar-refractivity contribution < 1.29 is 18.6 Å². The monoisotopic (exact) mass is 262 g/mol. The Labute approximate surface area is 99.8 Å². The van der Waals surface area contributed by atoms with Gasteiger partial charge in [-0.15, -0.1) is 0 Å². The van der Waals surface area contributed by atoms with Gasteiger partial charge in [0.25, 0.3) is 5.56 Å². The number of hydrogen-bond donors (Lipinski definition) is 2. The SMILES string of the molecule is CC[C@H]1O[C@@H](n2cc(F)c(=O)[nH]c2=O)[C@@H](F)[C@@H]1O. The van der Waals surface area contributed by atoms with Crippen LogP contribution in [0.15, 0.2) is 15.8 Å². The Kier molecular flexibility index (Phi) is 3.31. The van der Waals surface area contributed by atoms with Gasteiger partial charge in [-0.3, -0.25) is 14.3 Å². The topological polar surface area (TPSA) is 84.3 Å². The molecule has 1 saturated heterocycles. The van der Waals surface area contributed by atoms with E-state index in [0.717, 1.165) is 0 Å². The lowest BCUT2D eigenvalue weighted by Crippen LogP contribution is -2.37. The van der Waals surface area contributed by atoms with Crippen molar-refractivity contribution in [2.75, 3.05) is 0 Å². The predicted octanol–water partition coefficient (Wildman–Crippen LogP) is -0.318. The van der Waals surface area contributed by atoms with Gasteiger partial charge in [-0.25, -0.2) is 9.18 Å². The number of nitrogens with one attached hydrogen (secondary N) is 1. The number of hydrogen-bond acceptors (Lipinski definition) is 4. The first kappa shape index (κ1) is 12.9. The van der Waals surface area contributed by atoms with E-state index in [1.807, 2.05) is 0 Å². The Morgan fingerprint density at radius 1 is 1.56 bits per heavy atom. The Morgan fingerprint density at radius 2 is 2.22 bits per heavy atom. The van der Waals surface area contributed by atoms with Gasteiger partial charge in [0.2, 0.25) is 5.82 Å². The van der Waals surface area contributed by atoms with Gasteiger partial charge in [0.1, 0.15) is 6.10 Å². The fraction of sp³-hybridized carbons (Fsp3) is 0.600. The minimum Gasteiger partial charge on any atom is -0.387 e. The molecule has 0 amide bonds. The molecule has 1 aliphatic rings. The van der Waals surface area contributed by atoms with E-state index in [4.69, 9.17) is 4.74 Å². The first-order chi connectivity index (χ1) is 8.45. The van der Waals surface area contributed by atoms with Crippen LogP contribution in [0, 0.1) is 5.82 Å². The number of aliphatic hydroxyl groups is 1. The van der Waals surface area contributed by atoms with E-state index in [9.17, 15) is 23.5 Å². The molecule has 6 nitrogen and oxygen atoms in total. The molecule has 1 aromatic heterocycles. The van der Waals surface area contributed by atoms with Crippen LogP contribution in [0.1, 0.15) is 19.6 Å². The van der Waals surface area contributed by atoms with Crippen molar-refractivity contribution in [1.82, 2.24) is 9.55 Å². The smallest absolute Gasteiger partial charge is 0.330 e. The van der Waals surface area contributed by atoms with Crippen LogP contribution in [-0.2, 0) is 4.74 Å². The highest BCUT2D eigenvalue weighted by Gasteiger charge is 2.44. The van der Waals surface area contributed by atoms with Gasteiger partial charge < -0.3 is 9.84 Å². The maximum Gasteiger partial charge on any atom is 0.330 e. The maximum atomic E-state index is 13.8.